The maximum absolute atomic E-state index is 12.8. The molecular weight excluding hydrogens is 456 g/mol. The molecule has 1 heterocycles. The second-order valence-corrected chi connectivity index (χ2v) is 10.3. The van der Waals surface area contributed by atoms with Crippen molar-refractivity contribution in [1.29, 1.82) is 0 Å². The van der Waals surface area contributed by atoms with E-state index in [-0.39, 0.29) is 41.2 Å². The number of imide groups is 1. The van der Waals surface area contributed by atoms with E-state index in [0.29, 0.717) is 18.5 Å². The van der Waals surface area contributed by atoms with Crippen LogP contribution in [0.1, 0.15) is 47.2 Å². The molecule has 0 spiro atoms. The van der Waals surface area contributed by atoms with Crippen LogP contribution < -0.4 is 15.8 Å². The van der Waals surface area contributed by atoms with Crippen molar-refractivity contribution in [3.05, 3.63) is 65.2 Å². The minimum Gasteiger partial charge on any atom is -0.352 e. The van der Waals surface area contributed by atoms with Gasteiger partial charge in [-0.05, 0) is 54.7 Å². The van der Waals surface area contributed by atoms with Gasteiger partial charge in [-0.1, -0.05) is 37.1 Å². The first-order valence-electron chi connectivity index (χ1n) is 11.3. The van der Waals surface area contributed by atoms with Crippen LogP contribution >= 0.6 is 0 Å². The maximum atomic E-state index is 12.8. The van der Waals surface area contributed by atoms with Crippen LogP contribution in [0.2, 0.25) is 0 Å². The fourth-order valence-corrected chi connectivity index (χ4v) is 5.01. The number of carbonyl (C=O) groups is 3. The van der Waals surface area contributed by atoms with E-state index in [4.69, 9.17) is 5.14 Å². The Balaban J connectivity index is 1.29. The summed E-state index contributed by atoms with van der Waals surface area (Å²) in [5, 5.41) is 10.9. The first kappa shape index (κ1) is 23.9. The fourth-order valence-electron chi connectivity index (χ4n) is 4.50. The van der Waals surface area contributed by atoms with Crippen LogP contribution in [0.25, 0.3) is 0 Å². The number of urea groups is 1. The first-order valence-corrected chi connectivity index (χ1v) is 12.9. The number of nitrogens with one attached hydrogen (secondary N) is 2. The molecule has 2 aromatic rings. The topological polar surface area (TPSA) is 139 Å². The van der Waals surface area contributed by atoms with Crippen molar-refractivity contribution in [1.82, 2.24) is 15.5 Å². The van der Waals surface area contributed by atoms with Crippen molar-refractivity contribution in [2.45, 2.75) is 49.6 Å². The van der Waals surface area contributed by atoms with E-state index in [0.717, 1.165) is 36.8 Å². The highest BCUT2D eigenvalue weighted by molar-refractivity contribution is 7.89. The molecule has 2 atom stereocenters. The second kappa shape index (κ2) is 9.94. The number of rotatable bonds is 7. The molecule has 4 N–H and O–H groups in total. The monoisotopic (exact) mass is 484 g/mol. The van der Waals surface area contributed by atoms with E-state index in [9.17, 15) is 22.8 Å². The van der Waals surface area contributed by atoms with E-state index in [1.807, 2.05) is 0 Å². The van der Waals surface area contributed by atoms with Crippen LogP contribution in [-0.4, -0.2) is 43.7 Å². The summed E-state index contributed by atoms with van der Waals surface area (Å²) >= 11 is 0. The minimum absolute atomic E-state index is 0.0441. The van der Waals surface area contributed by atoms with Gasteiger partial charge in [0.05, 0.1) is 17.4 Å². The third kappa shape index (κ3) is 5.45. The molecule has 1 aliphatic carbocycles. The summed E-state index contributed by atoms with van der Waals surface area (Å²) in [6.45, 7) is 0.546. The molecule has 2 aromatic carbocycles. The molecule has 2 unspecified atom stereocenters. The molecule has 4 amide bonds. The largest absolute Gasteiger partial charge is 0.352 e. The second-order valence-electron chi connectivity index (χ2n) is 8.76. The van der Waals surface area contributed by atoms with Crippen LogP contribution in [0.15, 0.2) is 53.4 Å². The van der Waals surface area contributed by atoms with Gasteiger partial charge < -0.3 is 10.6 Å². The summed E-state index contributed by atoms with van der Waals surface area (Å²) < 4.78 is 22.6. The number of amides is 4. The molecule has 0 aromatic heterocycles. The Kier molecular flexibility index (Phi) is 6.99. The average Bonchev–Trinajstić information content (AvgIpc) is 2.82. The zero-order chi connectivity index (χ0) is 24.3. The normalized spacial score (nSPS) is 20.4. The van der Waals surface area contributed by atoms with Gasteiger partial charge in [0.15, 0.2) is 0 Å². The summed E-state index contributed by atoms with van der Waals surface area (Å²) in [5.41, 5.74) is 2.10. The summed E-state index contributed by atoms with van der Waals surface area (Å²) in [6.07, 6.45) is 4.21. The lowest BCUT2D eigenvalue weighted by atomic mass is 9.82. The lowest BCUT2D eigenvalue weighted by molar-refractivity contribution is -0.137. The molecule has 2 fully saturated rings. The number of fused-ring (bicyclic) bond motifs is 1. The summed E-state index contributed by atoms with van der Waals surface area (Å²) in [6, 6.07) is 12.6. The summed E-state index contributed by atoms with van der Waals surface area (Å²) in [7, 11) is -3.73. The minimum atomic E-state index is -3.73. The summed E-state index contributed by atoms with van der Waals surface area (Å²) in [5.74, 6) is -0.510. The molecular formula is C24H28N4O5S. The summed E-state index contributed by atoms with van der Waals surface area (Å²) in [4.78, 5) is 39.0. The van der Waals surface area contributed by atoms with E-state index in [2.05, 4.69) is 10.6 Å². The fraction of sp³-hybridized carbons (Fsp3) is 0.375. The van der Waals surface area contributed by atoms with Crippen molar-refractivity contribution in [3.8, 4) is 0 Å². The molecule has 0 bridgehead atoms. The standard InChI is InChI=1S/C24H28N4O5S/c25-34(32,33)19-11-7-16(8-12-19)13-14-26-22(29)18-9-5-17(6-10-18)15-28-23(30)20-3-1-2-4-21(20)27-24(28)31/h5-12,20-21H,1-4,13-15H2,(H,26,29)(H,27,31)(H2,25,32,33). The number of hydrogen-bond donors (Lipinski definition) is 3. The highest BCUT2D eigenvalue weighted by Crippen LogP contribution is 2.30. The molecule has 1 aliphatic heterocycles. The van der Waals surface area contributed by atoms with Crippen LogP contribution in [0, 0.1) is 5.92 Å². The van der Waals surface area contributed by atoms with Gasteiger partial charge in [-0.15, -0.1) is 0 Å². The quantitative estimate of drug-likeness (QED) is 0.551. The average molecular weight is 485 g/mol. The third-order valence-corrected chi connectivity index (χ3v) is 7.34. The Morgan fingerprint density at radius 1 is 1.00 bits per heavy atom. The molecule has 9 nitrogen and oxygen atoms in total. The first-order chi connectivity index (χ1) is 16.2. The lowest BCUT2D eigenvalue weighted by Crippen LogP contribution is -2.60. The number of benzene rings is 2. The van der Waals surface area contributed by atoms with Crippen molar-refractivity contribution in [2.24, 2.45) is 11.1 Å². The predicted molar refractivity (Wildman–Crippen MR) is 125 cm³/mol. The number of nitrogens with two attached hydrogens (primary N) is 1. The Labute approximate surface area is 198 Å². The van der Waals surface area contributed by atoms with Crippen molar-refractivity contribution >= 4 is 27.9 Å². The molecule has 10 heteroatoms. The molecule has 180 valence electrons. The van der Waals surface area contributed by atoms with Gasteiger partial charge in [-0.25, -0.2) is 18.4 Å². The zero-order valence-electron chi connectivity index (χ0n) is 18.7. The molecule has 34 heavy (non-hydrogen) atoms. The smallest absolute Gasteiger partial charge is 0.324 e. The van der Waals surface area contributed by atoms with Crippen LogP contribution in [0.3, 0.4) is 0 Å². The highest BCUT2D eigenvalue weighted by atomic mass is 32.2. The number of primary sulfonamides is 1. The van der Waals surface area contributed by atoms with E-state index >= 15 is 0 Å². The van der Waals surface area contributed by atoms with Crippen molar-refractivity contribution in [2.75, 3.05) is 6.54 Å². The van der Waals surface area contributed by atoms with Crippen LogP contribution in [0.5, 0.6) is 0 Å². The number of nitrogens with zero attached hydrogens (tertiary/aromatic N) is 1. The number of carbonyl (C=O) groups excluding carboxylic acids is 3. The van der Waals surface area contributed by atoms with E-state index in [1.165, 1.54) is 17.0 Å². The molecule has 0 radical (unpaired) electrons. The Morgan fingerprint density at radius 2 is 1.65 bits per heavy atom. The van der Waals surface area contributed by atoms with E-state index < -0.39 is 10.0 Å². The SMILES string of the molecule is NS(=O)(=O)c1ccc(CCNC(=O)c2ccc(CN3C(=O)NC4CCCCC4C3=O)cc2)cc1. The van der Waals surface area contributed by atoms with Crippen molar-refractivity contribution < 1.29 is 22.8 Å². The van der Waals surface area contributed by atoms with Crippen LogP contribution in [0.4, 0.5) is 4.79 Å². The van der Waals surface area contributed by atoms with Gasteiger partial charge in [-0.2, -0.15) is 0 Å². The third-order valence-electron chi connectivity index (χ3n) is 6.41. The maximum Gasteiger partial charge on any atom is 0.324 e. The Bertz CT molecular complexity index is 1180. The Hall–Kier alpha value is -3.24. The van der Waals surface area contributed by atoms with Gasteiger partial charge in [0.2, 0.25) is 15.9 Å². The van der Waals surface area contributed by atoms with Gasteiger partial charge in [0, 0.05) is 18.2 Å². The molecule has 1 saturated heterocycles. The van der Waals surface area contributed by atoms with Crippen molar-refractivity contribution in [3.63, 3.8) is 0 Å². The molecule has 4 rings (SSSR count). The predicted octanol–water partition coefficient (Wildman–Crippen LogP) is 1.92. The van der Waals surface area contributed by atoms with Gasteiger partial charge in [0.1, 0.15) is 0 Å². The Morgan fingerprint density at radius 3 is 2.32 bits per heavy atom. The van der Waals surface area contributed by atoms with Gasteiger partial charge in [-0.3, -0.25) is 14.5 Å². The lowest BCUT2D eigenvalue weighted by Gasteiger charge is -2.40. The number of sulfonamides is 1. The van der Waals surface area contributed by atoms with E-state index in [1.54, 1.807) is 36.4 Å². The number of hydrogen-bond acceptors (Lipinski definition) is 5. The van der Waals surface area contributed by atoms with Gasteiger partial charge in [0.25, 0.3) is 5.91 Å². The zero-order valence-corrected chi connectivity index (χ0v) is 19.5. The van der Waals surface area contributed by atoms with Gasteiger partial charge >= 0.3 is 6.03 Å². The highest BCUT2D eigenvalue weighted by Gasteiger charge is 2.41. The molecule has 2 aliphatic rings. The van der Waals surface area contributed by atoms with Crippen LogP contribution in [-0.2, 0) is 27.8 Å². The molecule has 1 saturated carbocycles.